The second-order valence-electron chi connectivity index (χ2n) is 4.36. The van der Waals surface area contributed by atoms with Gasteiger partial charge in [0.25, 0.3) is 0 Å². The number of nitrogens with two attached hydrogens (primary N) is 1. The Kier molecular flexibility index (Phi) is 2.69. The zero-order valence-electron chi connectivity index (χ0n) is 8.89. The number of hydrogen-bond acceptors (Lipinski definition) is 3. The minimum Gasteiger partial charge on any atom is -0.481 e. The molecule has 0 amide bonds. The smallest absolute Gasteiger partial charge is 0.305 e. The van der Waals surface area contributed by atoms with Gasteiger partial charge in [0.1, 0.15) is 0 Å². The lowest BCUT2D eigenvalue weighted by Crippen LogP contribution is -2.15. The topological polar surface area (TPSA) is 83.6 Å². The SMILES string of the molecule is NC(CC(=O)O)c1ccc(C2(O)CC2)cc1. The number of carboxylic acid groups (broad SMARTS) is 1. The van der Waals surface area contributed by atoms with Crippen LogP contribution in [0.3, 0.4) is 0 Å². The van der Waals surface area contributed by atoms with E-state index in [0.717, 1.165) is 24.0 Å². The van der Waals surface area contributed by atoms with Gasteiger partial charge in [0.15, 0.2) is 0 Å². The maximum atomic E-state index is 10.5. The van der Waals surface area contributed by atoms with Gasteiger partial charge in [-0.1, -0.05) is 24.3 Å². The summed E-state index contributed by atoms with van der Waals surface area (Å²) in [6.07, 6.45) is 1.52. The van der Waals surface area contributed by atoms with Gasteiger partial charge >= 0.3 is 5.97 Å². The molecule has 4 N–H and O–H groups in total. The number of carbonyl (C=O) groups is 1. The number of aliphatic carboxylic acids is 1. The van der Waals surface area contributed by atoms with Gasteiger partial charge in [-0.2, -0.15) is 0 Å². The van der Waals surface area contributed by atoms with Crippen LogP contribution in [0.5, 0.6) is 0 Å². The molecule has 16 heavy (non-hydrogen) atoms. The van der Waals surface area contributed by atoms with Crippen LogP contribution in [0.4, 0.5) is 0 Å². The van der Waals surface area contributed by atoms with Gasteiger partial charge < -0.3 is 15.9 Å². The molecule has 1 atom stereocenters. The average Bonchev–Trinajstić information content (AvgIpc) is 2.97. The van der Waals surface area contributed by atoms with Crippen molar-refractivity contribution in [1.29, 1.82) is 0 Å². The maximum Gasteiger partial charge on any atom is 0.305 e. The van der Waals surface area contributed by atoms with Crippen LogP contribution in [0.25, 0.3) is 0 Å². The Morgan fingerprint density at radius 3 is 2.38 bits per heavy atom. The van der Waals surface area contributed by atoms with Gasteiger partial charge in [-0.25, -0.2) is 0 Å². The first kappa shape index (κ1) is 11.1. The Balaban J connectivity index is 2.10. The molecule has 1 aliphatic rings. The van der Waals surface area contributed by atoms with Crippen LogP contribution in [-0.2, 0) is 10.4 Å². The van der Waals surface area contributed by atoms with E-state index in [1.54, 1.807) is 12.1 Å². The Labute approximate surface area is 93.7 Å². The van der Waals surface area contributed by atoms with E-state index in [2.05, 4.69) is 0 Å². The number of aliphatic hydroxyl groups is 1. The maximum absolute atomic E-state index is 10.5. The molecule has 0 aromatic heterocycles. The molecular weight excluding hydrogens is 206 g/mol. The molecule has 1 aromatic carbocycles. The highest BCUT2D eigenvalue weighted by atomic mass is 16.4. The molecule has 1 aliphatic carbocycles. The van der Waals surface area contributed by atoms with Crippen LogP contribution in [0.1, 0.15) is 36.4 Å². The van der Waals surface area contributed by atoms with Crippen LogP contribution >= 0.6 is 0 Å². The highest BCUT2D eigenvalue weighted by Gasteiger charge is 2.41. The van der Waals surface area contributed by atoms with Crippen molar-refractivity contribution < 1.29 is 15.0 Å². The van der Waals surface area contributed by atoms with E-state index in [0.29, 0.717) is 0 Å². The molecule has 2 rings (SSSR count). The molecule has 4 nitrogen and oxygen atoms in total. The molecule has 0 radical (unpaired) electrons. The van der Waals surface area contributed by atoms with E-state index in [9.17, 15) is 9.90 Å². The summed E-state index contributed by atoms with van der Waals surface area (Å²) in [6.45, 7) is 0. The van der Waals surface area contributed by atoms with Crippen LogP contribution in [0.2, 0.25) is 0 Å². The molecule has 1 unspecified atom stereocenters. The zero-order chi connectivity index (χ0) is 11.8. The molecule has 86 valence electrons. The largest absolute Gasteiger partial charge is 0.481 e. The monoisotopic (exact) mass is 221 g/mol. The Bertz CT molecular complexity index is 395. The lowest BCUT2D eigenvalue weighted by Gasteiger charge is -2.12. The van der Waals surface area contributed by atoms with E-state index in [1.807, 2.05) is 12.1 Å². The third-order valence-electron chi connectivity index (χ3n) is 2.99. The molecular formula is C12H15NO3. The second kappa shape index (κ2) is 3.88. The lowest BCUT2D eigenvalue weighted by atomic mass is 10.0. The highest BCUT2D eigenvalue weighted by Crippen LogP contribution is 2.45. The van der Waals surface area contributed by atoms with E-state index in [1.165, 1.54) is 0 Å². The summed E-state index contributed by atoms with van der Waals surface area (Å²) in [6, 6.07) is 6.74. The predicted octanol–water partition coefficient (Wildman–Crippen LogP) is 1.14. The molecule has 1 saturated carbocycles. The fourth-order valence-electron chi connectivity index (χ4n) is 1.75. The fourth-order valence-corrected chi connectivity index (χ4v) is 1.75. The third-order valence-corrected chi connectivity index (χ3v) is 2.99. The molecule has 1 fully saturated rings. The first-order chi connectivity index (χ1) is 7.51. The van der Waals surface area contributed by atoms with Crippen molar-refractivity contribution in [3.05, 3.63) is 35.4 Å². The first-order valence-corrected chi connectivity index (χ1v) is 5.31. The summed E-state index contributed by atoms with van der Waals surface area (Å²) in [4.78, 5) is 10.5. The van der Waals surface area contributed by atoms with E-state index < -0.39 is 17.6 Å². The van der Waals surface area contributed by atoms with Gasteiger partial charge in [0.05, 0.1) is 12.0 Å². The van der Waals surface area contributed by atoms with Gasteiger partial charge in [-0.15, -0.1) is 0 Å². The van der Waals surface area contributed by atoms with Crippen LogP contribution < -0.4 is 5.73 Å². The molecule has 0 heterocycles. The van der Waals surface area contributed by atoms with E-state index >= 15 is 0 Å². The first-order valence-electron chi connectivity index (χ1n) is 5.31. The summed E-state index contributed by atoms with van der Waals surface area (Å²) < 4.78 is 0. The van der Waals surface area contributed by atoms with Crippen molar-refractivity contribution in [2.24, 2.45) is 5.73 Å². The molecule has 4 heteroatoms. The lowest BCUT2D eigenvalue weighted by molar-refractivity contribution is -0.137. The third kappa shape index (κ3) is 2.23. The van der Waals surface area contributed by atoms with Gasteiger partial charge in [0.2, 0.25) is 0 Å². The molecule has 0 saturated heterocycles. The molecule has 0 aliphatic heterocycles. The number of benzene rings is 1. The quantitative estimate of drug-likeness (QED) is 0.712. The van der Waals surface area contributed by atoms with E-state index in [4.69, 9.17) is 10.8 Å². The van der Waals surface area contributed by atoms with Crippen molar-refractivity contribution in [1.82, 2.24) is 0 Å². The van der Waals surface area contributed by atoms with Crippen LogP contribution in [0, 0.1) is 0 Å². The molecule has 0 spiro atoms. The molecule has 0 bridgehead atoms. The minimum absolute atomic E-state index is 0.0797. The number of rotatable bonds is 4. The van der Waals surface area contributed by atoms with Gasteiger partial charge in [0, 0.05) is 6.04 Å². The van der Waals surface area contributed by atoms with Crippen molar-refractivity contribution in [3.63, 3.8) is 0 Å². The van der Waals surface area contributed by atoms with Crippen LogP contribution in [0.15, 0.2) is 24.3 Å². The fraction of sp³-hybridized carbons (Fsp3) is 0.417. The Morgan fingerprint density at radius 2 is 1.94 bits per heavy atom. The summed E-state index contributed by atoms with van der Waals surface area (Å²) in [5.41, 5.74) is 6.76. The standard InChI is InChI=1S/C12H15NO3/c13-10(7-11(14)15)8-1-3-9(4-2-8)12(16)5-6-12/h1-4,10,16H,5-7,13H2,(H,14,15). The Morgan fingerprint density at radius 1 is 1.38 bits per heavy atom. The average molecular weight is 221 g/mol. The highest BCUT2D eigenvalue weighted by molar-refractivity contribution is 5.67. The number of carboxylic acids is 1. The Hall–Kier alpha value is -1.39. The van der Waals surface area contributed by atoms with Gasteiger partial charge in [-0.05, 0) is 24.0 Å². The summed E-state index contributed by atoms with van der Waals surface area (Å²) in [5.74, 6) is -0.905. The van der Waals surface area contributed by atoms with Crippen molar-refractivity contribution >= 4 is 5.97 Å². The predicted molar refractivity (Wildman–Crippen MR) is 58.8 cm³/mol. The van der Waals surface area contributed by atoms with Crippen molar-refractivity contribution in [3.8, 4) is 0 Å². The second-order valence-corrected chi connectivity index (χ2v) is 4.36. The number of hydrogen-bond donors (Lipinski definition) is 3. The minimum atomic E-state index is -0.905. The summed E-state index contributed by atoms with van der Waals surface area (Å²) >= 11 is 0. The van der Waals surface area contributed by atoms with Crippen molar-refractivity contribution in [2.45, 2.75) is 30.9 Å². The van der Waals surface area contributed by atoms with Gasteiger partial charge in [-0.3, -0.25) is 4.79 Å². The van der Waals surface area contributed by atoms with E-state index in [-0.39, 0.29) is 6.42 Å². The van der Waals surface area contributed by atoms with Crippen LogP contribution in [-0.4, -0.2) is 16.2 Å². The normalized spacial score (nSPS) is 19.1. The molecule has 1 aromatic rings. The summed E-state index contributed by atoms with van der Waals surface area (Å²) in [7, 11) is 0. The summed E-state index contributed by atoms with van der Waals surface area (Å²) in [5, 5.41) is 18.5. The van der Waals surface area contributed by atoms with Crippen molar-refractivity contribution in [2.75, 3.05) is 0 Å². The zero-order valence-corrected chi connectivity index (χ0v) is 8.89.